The smallest absolute Gasteiger partial charge is 0.243 e. The van der Waals surface area contributed by atoms with Gasteiger partial charge in [0.2, 0.25) is 5.91 Å². The molecule has 0 aromatic carbocycles. The molecule has 0 unspecified atom stereocenters. The summed E-state index contributed by atoms with van der Waals surface area (Å²) in [6.07, 6.45) is 3.35. The monoisotopic (exact) mass is 183 g/mol. The third kappa shape index (κ3) is 2.33. The Hall–Kier alpha value is -1.28. The number of hydroxylamine groups is 2. The van der Waals surface area contributed by atoms with Crippen LogP contribution in [0.5, 0.6) is 0 Å². The SMILES string of the molecule is CC(=O)N(O)C1CCN(C#N)CC1. The Kier molecular flexibility index (Phi) is 3.09. The van der Waals surface area contributed by atoms with Crippen LogP contribution in [0.25, 0.3) is 0 Å². The van der Waals surface area contributed by atoms with E-state index in [0.29, 0.717) is 25.9 Å². The van der Waals surface area contributed by atoms with Crippen LogP contribution in [0, 0.1) is 11.5 Å². The van der Waals surface area contributed by atoms with Crippen molar-refractivity contribution < 1.29 is 10.0 Å². The molecular weight excluding hydrogens is 170 g/mol. The van der Waals surface area contributed by atoms with Crippen LogP contribution in [0.2, 0.25) is 0 Å². The van der Waals surface area contributed by atoms with Gasteiger partial charge in [0.15, 0.2) is 6.19 Å². The van der Waals surface area contributed by atoms with Crippen molar-refractivity contribution in [3.63, 3.8) is 0 Å². The lowest BCUT2D eigenvalue weighted by Crippen LogP contribution is -2.43. The van der Waals surface area contributed by atoms with Crippen molar-refractivity contribution in [3.05, 3.63) is 0 Å². The van der Waals surface area contributed by atoms with E-state index in [-0.39, 0.29) is 11.9 Å². The van der Waals surface area contributed by atoms with E-state index in [9.17, 15) is 10.0 Å². The summed E-state index contributed by atoms with van der Waals surface area (Å²) in [5.74, 6) is -0.338. The summed E-state index contributed by atoms with van der Waals surface area (Å²) in [5.41, 5.74) is 0. The Balaban J connectivity index is 2.41. The zero-order valence-electron chi connectivity index (χ0n) is 7.60. The second-order valence-corrected chi connectivity index (χ2v) is 3.18. The molecule has 72 valence electrons. The standard InChI is InChI=1S/C8H13N3O2/c1-7(12)11(13)8-2-4-10(6-9)5-3-8/h8,13H,2-5H2,1H3. The van der Waals surface area contributed by atoms with Gasteiger partial charge in [0.1, 0.15) is 0 Å². The Labute approximate surface area is 77.1 Å². The molecule has 1 heterocycles. The normalized spacial score (nSPS) is 18.1. The summed E-state index contributed by atoms with van der Waals surface area (Å²) >= 11 is 0. The zero-order chi connectivity index (χ0) is 9.84. The van der Waals surface area contributed by atoms with E-state index in [2.05, 4.69) is 0 Å². The molecule has 0 spiro atoms. The van der Waals surface area contributed by atoms with E-state index in [4.69, 9.17) is 5.26 Å². The van der Waals surface area contributed by atoms with Gasteiger partial charge in [-0.1, -0.05) is 0 Å². The van der Waals surface area contributed by atoms with Crippen molar-refractivity contribution >= 4 is 5.91 Å². The van der Waals surface area contributed by atoms with E-state index in [0.717, 1.165) is 5.06 Å². The summed E-state index contributed by atoms with van der Waals surface area (Å²) in [7, 11) is 0. The molecular formula is C8H13N3O2. The summed E-state index contributed by atoms with van der Waals surface area (Å²) in [5, 5.41) is 18.6. The average molecular weight is 183 g/mol. The predicted octanol–water partition coefficient (Wildman–Crippen LogP) is 0.170. The molecule has 13 heavy (non-hydrogen) atoms. The first-order chi connectivity index (χ1) is 6.15. The molecule has 5 nitrogen and oxygen atoms in total. The maximum absolute atomic E-state index is 10.8. The van der Waals surface area contributed by atoms with E-state index < -0.39 is 0 Å². The molecule has 1 rings (SSSR count). The molecule has 0 atom stereocenters. The Morgan fingerprint density at radius 2 is 2.15 bits per heavy atom. The fourth-order valence-electron chi connectivity index (χ4n) is 1.47. The minimum absolute atomic E-state index is 0.123. The Morgan fingerprint density at radius 3 is 2.54 bits per heavy atom. The highest BCUT2D eigenvalue weighted by Crippen LogP contribution is 2.14. The number of hydrogen-bond acceptors (Lipinski definition) is 4. The summed E-state index contributed by atoms with van der Waals surface area (Å²) < 4.78 is 0. The number of rotatable bonds is 1. The van der Waals surface area contributed by atoms with E-state index in [1.807, 2.05) is 6.19 Å². The minimum Gasteiger partial charge on any atom is -0.310 e. The average Bonchev–Trinajstić information content (AvgIpc) is 2.17. The molecule has 1 aliphatic heterocycles. The maximum atomic E-state index is 10.8. The second kappa shape index (κ2) is 4.10. The van der Waals surface area contributed by atoms with Gasteiger partial charge in [-0.05, 0) is 12.8 Å². The number of carbonyl (C=O) groups excluding carboxylic acids is 1. The second-order valence-electron chi connectivity index (χ2n) is 3.18. The van der Waals surface area contributed by atoms with Gasteiger partial charge in [0.05, 0.1) is 6.04 Å². The lowest BCUT2D eigenvalue weighted by Gasteiger charge is -2.32. The highest BCUT2D eigenvalue weighted by Gasteiger charge is 2.24. The Bertz CT molecular complexity index is 228. The molecule has 1 saturated heterocycles. The van der Waals surface area contributed by atoms with Gasteiger partial charge in [-0.3, -0.25) is 10.0 Å². The van der Waals surface area contributed by atoms with Gasteiger partial charge in [-0.2, -0.15) is 5.26 Å². The van der Waals surface area contributed by atoms with Crippen LogP contribution in [0.3, 0.4) is 0 Å². The fraction of sp³-hybridized carbons (Fsp3) is 0.750. The van der Waals surface area contributed by atoms with Gasteiger partial charge in [-0.15, -0.1) is 0 Å². The molecule has 0 aromatic rings. The fourth-order valence-corrected chi connectivity index (χ4v) is 1.47. The highest BCUT2D eigenvalue weighted by atomic mass is 16.5. The molecule has 1 fully saturated rings. The van der Waals surface area contributed by atoms with Crippen molar-refractivity contribution in [2.75, 3.05) is 13.1 Å². The first kappa shape index (κ1) is 9.81. The van der Waals surface area contributed by atoms with Gasteiger partial charge in [0, 0.05) is 20.0 Å². The summed E-state index contributed by atoms with van der Waals surface area (Å²) in [4.78, 5) is 12.4. The van der Waals surface area contributed by atoms with Crippen molar-refractivity contribution in [1.82, 2.24) is 9.96 Å². The van der Waals surface area contributed by atoms with Crippen molar-refractivity contribution in [3.8, 4) is 6.19 Å². The highest BCUT2D eigenvalue weighted by molar-refractivity contribution is 5.72. The van der Waals surface area contributed by atoms with Gasteiger partial charge in [-0.25, -0.2) is 5.06 Å². The number of nitrogens with zero attached hydrogens (tertiary/aromatic N) is 3. The molecule has 1 aliphatic rings. The molecule has 1 amide bonds. The van der Waals surface area contributed by atoms with Crippen LogP contribution in [-0.2, 0) is 4.79 Å². The van der Waals surface area contributed by atoms with E-state index in [1.54, 1.807) is 4.90 Å². The molecule has 1 N–H and O–H groups in total. The summed E-state index contributed by atoms with van der Waals surface area (Å²) in [6, 6.07) is -0.123. The van der Waals surface area contributed by atoms with Crippen LogP contribution < -0.4 is 0 Å². The molecule has 0 aliphatic carbocycles. The molecule has 0 radical (unpaired) electrons. The topological polar surface area (TPSA) is 67.6 Å². The number of piperidine rings is 1. The lowest BCUT2D eigenvalue weighted by atomic mass is 10.1. The van der Waals surface area contributed by atoms with Crippen molar-refractivity contribution in [1.29, 1.82) is 5.26 Å². The predicted molar refractivity (Wildman–Crippen MR) is 44.5 cm³/mol. The van der Waals surface area contributed by atoms with E-state index in [1.165, 1.54) is 6.92 Å². The molecule has 0 bridgehead atoms. The Morgan fingerprint density at radius 1 is 1.62 bits per heavy atom. The minimum atomic E-state index is -0.338. The molecule has 0 saturated carbocycles. The van der Waals surface area contributed by atoms with E-state index >= 15 is 0 Å². The zero-order valence-corrected chi connectivity index (χ0v) is 7.60. The third-order valence-corrected chi connectivity index (χ3v) is 2.27. The number of nitriles is 1. The quantitative estimate of drug-likeness (QED) is 0.357. The van der Waals surface area contributed by atoms with Crippen LogP contribution in [0.4, 0.5) is 0 Å². The molecule has 0 aromatic heterocycles. The first-order valence-electron chi connectivity index (χ1n) is 4.28. The summed E-state index contributed by atoms with van der Waals surface area (Å²) in [6.45, 7) is 2.56. The third-order valence-electron chi connectivity index (χ3n) is 2.27. The largest absolute Gasteiger partial charge is 0.310 e. The number of carbonyl (C=O) groups is 1. The number of amides is 1. The number of hydrogen-bond donors (Lipinski definition) is 1. The lowest BCUT2D eigenvalue weighted by molar-refractivity contribution is -0.176. The van der Waals surface area contributed by atoms with Gasteiger partial charge >= 0.3 is 0 Å². The van der Waals surface area contributed by atoms with Crippen LogP contribution >= 0.6 is 0 Å². The van der Waals surface area contributed by atoms with Crippen molar-refractivity contribution in [2.45, 2.75) is 25.8 Å². The number of likely N-dealkylation sites (tertiary alicyclic amines) is 1. The van der Waals surface area contributed by atoms with Gasteiger partial charge in [0.25, 0.3) is 0 Å². The van der Waals surface area contributed by atoms with Crippen molar-refractivity contribution in [2.24, 2.45) is 0 Å². The maximum Gasteiger partial charge on any atom is 0.243 e. The van der Waals surface area contributed by atoms with Crippen LogP contribution in [-0.4, -0.2) is 40.2 Å². The van der Waals surface area contributed by atoms with Gasteiger partial charge < -0.3 is 4.90 Å². The first-order valence-corrected chi connectivity index (χ1v) is 4.28. The van der Waals surface area contributed by atoms with Crippen LogP contribution in [0.1, 0.15) is 19.8 Å². The molecule has 5 heteroatoms. The van der Waals surface area contributed by atoms with Crippen LogP contribution in [0.15, 0.2) is 0 Å².